The molecule has 0 aliphatic heterocycles. The largest absolute Gasteiger partial charge is 0.494 e. The molecule has 0 aliphatic carbocycles. The highest BCUT2D eigenvalue weighted by Crippen LogP contribution is 2.21. The van der Waals surface area contributed by atoms with Crippen molar-refractivity contribution in [3.8, 4) is 5.75 Å². The van der Waals surface area contributed by atoms with E-state index in [2.05, 4.69) is 10.9 Å². The second-order valence-corrected chi connectivity index (χ2v) is 8.05. The summed E-state index contributed by atoms with van der Waals surface area (Å²) >= 11 is 5.89. The van der Waals surface area contributed by atoms with Gasteiger partial charge in [-0.3, -0.25) is 24.7 Å². The van der Waals surface area contributed by atoms with Crippen molar-refractivity contribution in [3.05, 3.63) is 59.1 Å². The Morgan fingerprint density at radius 3 is 2.36 bits per heavy atom. The van der Waals surface area contributed by atoms with Crippen LogP contribution in [0.3, 0.4) is 0 Å². The van der Waals surface area contributed by atoms with Crippen molar-refractivity contribution >= 4 is 39.1 Å². The third-order valence-corrected chi connectivity index (χ3v) is 4.90. The lowest BCUT2D eigenvalue weighted by atomic mass is 10.2. The molecule has 0 fully saturated rings. The lowest BCUT2D eigenvalue weighted by Gasteiger charge is -2.22. The molecule has 2 aromatic rings. The van der Waals surface area contributed by atoms with Gasteiger partial charge in [-0.05, 0) is 49.4 Å². The van der Waals surface area contributed by atoms with Crippen molar-refractivity contribution in [1.29, 1.82) is 0 Å². The molecule has 0 atom stereocenters. The van der Waals surface area contributed by atoms with Crippen LogP contribution in [0, 0.1) is 0 Å². The molecule has 0 saturated carbocycles. The molecule has 0 radical (unpaired) electrons. The first kappa shape index (κ1) is 21.5. The number of halogens is 1. The maximum absolute atomic E-state index is 12.1. The second-order valence-electron chi connectivity index (χ2n) is 5.71. The van der Waals surface area contributed by atoms with Crippen LogP contribution in [0.5, 0.6) is 5.75 Å². The molecular formula is C18H20ClN3O5S. The number of amides is 2. The SMILES string of the molecule is CCOc1ccc(C(=O)NNC(=O)CN(c2cccc(Cl)c2)S(C)(=O)=O)cc1. The Morgan fingerprint density at radius 2 is 1.79 bits per heavy atom. The Balaban J connectivity index is 2.00. The summed E-state index contributed by atoms with van der Waals surface area (Å²) in [5.74, 6) is -0.650. The number of rotatable bonds is 7. The number of hydrazine groups is 1. The molecule has 0 aromatic heterocycles. The summed E-state index contributed by atoms with van der Waals surface area (Å²) in [4.78, 5) is 24.2. The molecule has 0 bridgehead atoms. The summed E-state index contributed by atoms with van der Waals surface area (Å²) in [6.07, 6.45) is 0.972. The van der Waals surface area contributed by atoms with Crippen LogP contribution in [0.25, 0.3) is 0 Å². The lowest BCUT2D eigenvalue weighted by Crippen LogP contribution is -2.47. The highest BCUT2D eigenvalue weighted by atomic mass is 35.5. The van der Waals surface area contributed by atoms with E-state index < -0.39 is 28.4 Å². The first-order valence-electron chi connectivity index (χ1n) is 8.26. The molecule has 28 heavy (non-hydrogen) atoms. The molecular weight excluding hydrogens is 406 g/mol. The van der Waals surface area contributed by atoms with Crippen LogP contribution in [0.4, 0.5) is 5.69 Å². The summed E-state index contributed by atoms with van der Waals surface area (Å²) < 4.78 is 30.2. The first-order chi connectivity index (χ1) is 13.2. The fourth-order valence-corrected chi connectivity index (χ4v) is 3.30. The van der Waals surface area contributed by atoms with Crippen LogP contribution in [-0.2, 0) is 14.8 Å². The fraction of sp³-hybridized carbons (Fsp3) is 0.222. The summed E-state index contributed by atoms with van der Waals surface area (Å²) in [5.41, 5.74) is 4.98. The molecule has 2 aromatic carbocycles. The van der Waals surface area contributed by atoms with Crippen molar-refractivity contribution in [3.63, 3.8) is 0 Å². The van der Waals surface area contributed by atoms with Gasteiger partial charge in [-0.2, -0.15) is 0 Å². The molecule has 0 aliphatic rings. The quantitative estimate of drug-likeness (QED) is 0.660. The summed E-state index contributed by atoms with van der Waals surface area (Å²) in [7, 11) is -3.74. The van der Waals surface area contributed by atoms with Crippen molar-refractivity contribution in [1.82, 2.24) is 10.9 Å². The molecule has 2 N–H and O–H groups in total. The number of nitrogens with zero attached hydrogens (tertiary/aromatic N) is 1. The standard InChI is InChI=1S/C18H20ClN3O5S/c1-3-27-16-9-7-13(8-10-16)18(24)21-20-17(23)12-22(28(2,25)26)15-6-4-5-14(19)11-15/h4-11H,3,12H2,1-2H3,(H,20,23)(H,21,24). The molecule has 10 heteroatoms. The minimum Gasteiger partial charge on any atom is -0.494 e. The van der Waals surface area contributed by atoms with Gasteiger partial charge >= 0.3 is 0 Å². The van der Waals surface area contributed by atoms with Gasteiger partial charge in [0.25, 0.3) is 11.8 Å². The van der Waals surface area contributed by atoms with Gasteiger partial charge in [-0.1, -0.05) is 17.7 Å². The van der Waals surface area contributed by atoms with E-state index in [-0.39, 0.29) is 5.69 Å². The Labute approximate surface area is 168 Å². The second kappa shape index (κ2) is 9.43. The lowest BCUT2D eigenvalue weighted by molar-refractivity contribution is -0.120. The van der Waals surface area contributed by atoms with E-state index in [1.165, 1.54) is 12.1 Å². The molecule has 2 amide bonds. The maximum Gasteiger partial charge on any atom is 0.269 e. The van der Waals surface area contributed by atoms with Gasteiger partial charge in [-0.15, -0.1) is 0 Å². The number of carbonyl (C=O) groups is 2. The Hall–Kier alpha value is -2.78. The molecule has 0 spiro atoms. The van der Waals surface area contributed by atoms with Crippen molar-refractivity contribution in [2.75, 3.05) is 23.7 Å². The van der Waals surface area contributed by atoms with E-state index in [0.717, 1.165) is 10.6 Å². The number of ether oxygens (including phenoxy) is 1. The smallest absolute Gasteiger partial charge is 0.269 e. The van der Waals surface area contributed by atoms with Crippen molar-refractivity contribution in [2.24, 2.45) is 0 Å². The van der Waals surface area contributed by atoms with Crippen LogP contribution in [-0.4, -0.2) is 39.6 Å². The molecule has 8 nitrogen and oxygen atoms in total. The third kappa shape index (κ3) is 6.14. The average molecular weight is 426 g/mol. The van der Waals surface area contributed by atoms with E-state index in [1.54, 1.807) is 36.4 Å². The summed E-state index contributed by atoms with van der Waals surface area (Å²) in [6, 6.07) is 12.4. The van der Waals surface area contributed by atoms with E-state index >= 15 is 0 Å². The van der Waals surface area contributed by atoms with Crippen molar-refractivity contribution in [2.45, 2.75) is 6.92 Å². The number of hydrogen-bond donors (Lipinski definition) is 2. The van der Waals surface area contributed by atoms with Crippen LogP contribution >= 0.6 is 11.6 Å². The minimum absolute atomic E-state index is 0.239. The van der Waals surface area contributed by atoms with Gasteiger partial charge < -0.3 is 4.74 Å². The Kier molecular flexibility index (Phi) is 7.24. The predicted octanol–water partition coefficient (Wildman–Crippen LogP) is 1.97. The van der Waals surface area contributed by atoms with Crippen LogP contribution in [0.1, 0.15) is 17.3 Å². The number of nitrogens with one attached hydrogen (secondary N) is 2. The monoisotopic (exact) mass is 425 g/mol. The number of anilines is 1. The average Bonchev–Trinajstić information content (AvgIpc) is 2.64. The molecule has 150 valence electrons. The number of hydrogen-bond acceptors (Lipinski definition) is 5. The molecule has 0 heterocycles. The van der Waals surface area contributed by atoms with Crippen molar-refractivity contribution < 1.29 is 22.7 Å². The molecule has 2 rings (SSSR count). The summed E-state index contributed by atoms with van der Waals surface area (Å²) in [5, 5.41) is 0.329. The van der Waals surface area contributed by atoms with Gasteiger partial charge in [0, 0.05) is 10.6 Å². The summed E-state index contributed by atoms with van der Waals surface area (Å²) in [6.45, 7) is 1.83. The third-order valence-electron chi connectivity index (χ3n) is 3.53. The Morgan fingerprint density at radius 1 is 1.11 bits per heavy atom. The number of carbonyl (C=O) groups excluding carboxylic acids is 2. The van der Waals surface area contributed by atoms with E-state index in [9.17, 15) is 18.0 Å². The maximum atomic E-state index is 12.1. The first-order valence-corrected chi connectivity index (χ1v) is 10.5. The zero-order valence-electron chi connectivity index (χ0n) is 15.3. The van der Waals surface area contributed by atoms with E-state index in [4.69, 9.17) is 16.3 Å². The van der Waals surface area contributed by atoms with E-state index in [1.807, 2.05) is 6.92 Å². The Bertz CT molecular complexity index is 948. The molecule has 0 saturated heterocycles. The molecule has 0 unspecified atom stereocenters. The topological polar surface area (TPSA) is 105 Å². The van der Waals surface area contributed by atoms with Gasteiger partial charge in [-0.25, -0.2) is 8.42 Å². The zero-order chi connectivity index (χ0) is 20.7. The normalized spacial score (nSPS) is 10.8. The van der Waals surface area contributed by atoms with Gasteiger partial charge in [0.1, 0.15) is 12.3 Å². The highest BCUT2D eigenvalue weighted by Gasteiger charge is 2.21. The van der Waals surface area contributed by atoms with Crippen LogP contribution in [0.2, 0.25) is 5.02 Å². The van der Waals surface area contributed by atoms with Crippen LogP contribution < -0.4 is 19.9 Å². The van der Waals surface area contributed by atoms with Gasteiger partial charge in [0.15, 0.2) is 0 Å². The number of sulfonamides is 1. The van der Waals surface area contributed by atoms with E-state index in [0.29, 0.717) is 22.9 Å². The zero-order valence-corrected chi connectivity index (χ0v) is 16.9. The fourth-order valence-electron chi connectivity index (χ4n) is 2.27. The minimum atomic E-state index is -3.74. The number of benzene rings is 2. The van der Waals surface area contributed by atoms with Gasteiger partial charge in [0.05, 0.1) is 18.6 Å². The predicted molar refractivity (Wildman–Crippen MR) is 107 cm³/mol. The van der Waals surface area contributed by atoms with Crippen LogP contribution in [0.15, 0.2) is 48.5 Å². The van der Waals surface area contributed by atoms with Gasteiger partial charge in [0.2, 0.25) is 10.0 Å². The highest BCUT2D eigenvalue weighted by molar-refractivity contribution is 7.92.